The normalized spacial score (nSPS) is 10.3. The summed E-state index contributed by atoms with van der Waals surface area (Å²) in [5.41, 5.74) is 8.59. The molecule has 5 nitrogen and oxygen atoms in total. The van der Waals surface area contributed by atoms with Crippen molar-refractivity contribution in [2.24, 2.45) is 0 Å². The molecule has 0 aliphatic heterocycles. The first kappa shape index (κ1) is 13.0. The lowest BCUT2D eigenvalue weighted by molar-refractivity contribution is -0.384. The van der Waals surface area contributed by atoms with Crippen LogP contribution in [0.3, 0.4) is 0 Å². The first-order valence-corrected chi connectivity index (χ1v) is 5.94. The number of hydrogen-bond acceptors (Lipinski definition) is 4. The van der Waals surface area contributed by atoms with E-state index in [2.05, 4.69) is 5.32 Å². The van der Waals surface area contributed by atoms with Gasteiger partial charge in [-0.1, -0.05) is 30.3 Å². The number of para-hydroxylation sites is 1. The van der Waals surface area contributed by atoms with Crippen molar-refractivity contribution in [3.63, 3.8) is 0 Å². The summed E-state index contributed by atoms with van der Waals surface area (Å²) in [7, 11) is 0. The van der Waals surface area contributed by atoms with Crippen LogP contribution in [0.25, 0.3) is 0 Å². The number of nitrogens with two attached hydrogens (primary N) is 1. The number of anilines is 1. The van der Waals surface area contributed by atoms with Crippen molar-refractivity contribution in [1.82, 2.24) is 5.32 Å². The molecule has 0 aliphatic rings. The van der Waals surface area contributed by atoms with Gasteiger partial charge in [0, 0.05) is 30.9 Å². The van der Waals surface area contributed by atoms with Gasteiger partial charge in [-0.3, -0.25) is 10.1 Å². The van der Waals surface area contributed by atoms with E-state index < -0.39 is 4.92 Å². The molecule has 0 aromatic heterocycles. The largest absolute Gasteiger partial charge is 0.398 e. The molecule has 2 rings (SSSR count). The molecule has 0 amide bonds. The molecule has 3 N–H and O–H groups in total. The number of nitro groups is 1. The molecule has 98 valence electrons. The van der Waals surface area contributed by atoms with Gasteiger partial charge in [0.1, 0.15) is 0 Å². The zero-order chi connectivity index (χ0) is 13.7. The smallest absolute Gasteiger partial charge is 0.269 e. The van der Waals surface area contributed by atoms with Gasteiger partial charge in [0.25, 0.3) is 5.69 Å². The van der Waals surface area contributed by atoms with Crippen LogP contribution in [0.15, 0.2) is 48.5 Å². The van der Waals surface area contributed by atoms with Gasteiger partial charge in [-0.05, 0) is 17.2 Å². The van der Waals surface area contributed by atoms with Crippen LogP contribution in [-0.2, 0) is 13.1 Å². The summed E-state index contributed by atoms with van der Waals surface area (Å²) in [5.74, 6) is 0. The standard InChI is InChI=1S/C14H15N3O2/c15-14-7-2-1-5-12(14)10-16-9-11-4-3-6-13(8-11)17(18)19/h1-8,16H,9-10,15H2. The summed E-state index contributed by atoms with van der Waals surface area (Å²) < 4.78 is 0. The lowest BCUT2D eigenvalue weighted by atomic mass is 10.1. The Balaban J connectivity index is 1.94. The second-order valence-corrected chi connectivity index (χ2v) is 4.23. The van der Waals surface area contributed by atoms with Crippen LogP contribution in [0.5, 0.6) is 0 Å². The molecule has 0 atom stereocenters. The summed E-state index contributed by atoms with van der Waals surface area (Å²) in [6.07, 6.45) is 0. The molecule has 0 saturated heterocycles. The number of non-ortho nitro benzene ring substituents is 1. The van der Waals surface area contributed by atoms with E-state index in [-0.39, 0.29) is 5.69 Å². The summed E-state index contributed by atoms with van der Waals surface area (Å²) in [6, 6.07) is 14.2. The third-order valence-corrected chi connectivity index (χ3v) is 2.82. The number of hydrogen-bond donors (Lipinski definition) is 2. The van der Waals surface area contributed by atoms with Crippen molar-refractivity contribution in [2.45, 2.75) is 13.1 Å². The first-order chi connectivity index (χ1) is 9.16. The Labute approximate surface area is 111 Å². The third kappa shape index (κ3) is 3.53. The molecular weight excluding hydrogens is 242 g/mol. The molecular formula is C14H15N3O2. The molecule has 0 fully saturated rings. The summed E-state index contributed by atoms with van der Waals surface area (Å²) in [6.45, 7) is 1.20. The van der Waals surface area contributed by atoms with Gasteiger partial charge in [-0.15, -0.1) is 0 Å². The van der Waals surface area contributed by atoms with Crippen molar-refractivity contribution in [2.75, 3.05) is 5.73 Å². The second kappa shape index (κ2) is 5.97. The van der Waals surface area contributed by atoms with Gasteiger partial charge in [0.05, 0.1) is 4.92 Å². The molecule has 2 aromatic carbocycles. The Kier molecular flexibility index (Phi) is 4.10. The Bertz CT molecular complexity index is 584. The summed E-state index contributed by atoms with van der Waals surface area (Å²) >= 11 is 0. The Morgan fingerprint density at radius 3 is 2.63 bits per heavy atom. The molecule has 2 aromatic rings. The van der Waals surface area contributed by atoms with E-state index in [1.165, 1.54) is 6.07 Å². The number of nitrogen functional groups attached to an aromatic ring is 1. The monoisotopic (exact) mass is 257 g/mol. The van der Waals surface area contributed by atoms with E-state index in [4.69, 9.17) is 5.73 Å². The Morgan fingerprint density at radius 1 is 1.11 bits per heavy atom. The van der Waals surface area contributed by atoms with Crippen molar-refractivity contribution in [3.8, 4) is 0 Å². The fourth-order valence-corrected chi connectivity index (χ4v) is 1.82. The fraction of sp³-hybridized carbons (Fsp3) is 0.143. The number of nitro benzene ring substituents is 1. The molecule has 0 bridgehead atoms. The zero-order valence-corrected chi connectivity index (χ0v) is 10.4. The van der Waals surface area contributed by atoms with E-state index in [1.807, 2.05) is 30.3 Å². The summed E-state index contributed by atoms with van der Waals surface area (Å²) in [4.78, 5) is 10.3. The predicted molar refractivity (Wildman–Crippen MR) is 74.5 cm³/mol. The molecule has 5 heteroatoms. The minimum absolute atomic E-state index is 0.110. The van der Waals surface area contributed by atoms with Gasteiger partial charge in [-0.2, -0.15) is 0 Å². The highest BCUT2D eigenvalue weighted by molar-refractivity contribution is 5.46. The first-order valence-electron chi connectivity index (χ1n) is 5.94. The minimum Gasteiger partial charge on any atom is -0.398 e. The number of nitrogens with one attached hydrogen (secondary N) is 1. The van der Waals surface area contributed by atoms with Gasteiger partial charge < -0.3 is 11.1 Å². The number of benzene rings is 2. The SMILES string of the molecule is Nc1ccccc1CNCc1cccc([N+](=O)[O-])c1. The maximum atomic E-state index is 10.7. The highest BCUT2D eigenvalue weighted by atomic mass is 16.6. The molecule has 0 aliphatic carbocycles. The zero-order valence-electron chi connectivity index (χ0n) is 10.4. The van der Waals surface area contributed by atoms with Gasteiger partial charge in [0.2, 0.25) is 0 Å². The van der Waals surface area contributed by atoms with Gasteiger partial charge >= 0.3 is 0 Å². The maximum absolute atomic E-state index is 10.7. The number of rotatable bonds is 5. The van der Waals surface area contributed by atoms with Crippen molar-refractivity contribution < 1.29 is 4.92 Å². The van der Waals surface area contributed by atoms with Crippen molar-refractivity contribution in [1.29, 1.82) is 0 Å². The Hall–Kier alpha value is -2.40. The minimum atomic E-state index is -0.390. The van der Waals surface area contributed by atoms with Crippen LogP contribution in [0.4, 0.5) is 11.4 Å². The van der Waals surface area contributed by atoms with E-state index in [9.17, 15) is 10.1 Å². The highest BCUT2D eigenvalue weighted by Crippen LogP contribution is 2.14. The Morgan fingerprint density at radius 2 is 1.89 bits per heavy atom. The lowest BCUT2D eigenvalue weighted by Gasteiger charge is -2.07. The van der Waals surface area contributed by atoms with Crippen LogP contribution in [0.2, 0.25) is 0 Å². The van der Waals surface area contributed by atoms with Crippen LogP contribution < -0.4 is 11.1 Å². The molecule has 0 unspecified atom stereocenters. The lowest BCUT2D eigenvalue weighted by Crippen LogP contribution is -2.13. The molecule has 0 heterocycles. The average molecular weight is 257 g/mol. The number of nitrogens with zero attached hydrogens (tertiary/aromatic N) is 1. The highest BCUT2D eigenvalue weighted by Gasteiger charge is 2.05. The third-order valence-electron chi connectivity index (χ3n) is 2.82. The molecule has 0 saturated carbocycles. The predicted octanol–water partition coefficient (Wildman–Crippen LogP) is 2.47. The quantitative estimate of drug-likeness (QED) is 0.490. The maximum Gasteiger partial charge on any atom is 0.269 e. The van der Waals surface area contributed by atoms with Gasteiger partial charge in [-0.25, -0.2) is 0 Å². The van der Waals surface area contributed by atoms with Gasteiger partial charge in [0.15, 0.2) is 0 Å². The molecule has 0 spiro atoms. The summed E-state index contributed by atoms with van der Waals surface area (Å²) in [5, 5.41) is 13.9. The molecule has 19 heavy (non-hydrogen) atoms. The fourth-order valence-electron chi connectivity index (χ4n) is 1.82. The van der Waals surface area contributed by atoms with E-state index in [0.29, 0.717) is 13.1 Å². The topological polar surface area (TPSA) is 81.2 Å². The molecule has 0 radical (unpaired) electrons. The van der Waals surface area contributed by atoms with Crippen LogP contribution in [-0.4, -0.2) is 4.92 Å². The van der Waals surface area contributed by atoms with E-state index >= 15 is 0 Å². The van der Waals surface area contributed by atoms with E-state index in [0.717, 1.165) is 16.8 Å². The van der Waals surface area contributed by atoms with Crippen molar-refractivity contribution >= 4 is 11.4 Å². The average Bonchev–Trinajstić information content (AvgIpc) is 2.41. The van der Waals surface area contributed by atoms with Crippen LogP contribution >= 0.6 is 0 Å². The van der Waals surface area contributed by atoms with E-state index in [1.54, 1.807) is 12.1 Å². The van der Waals surface area contributed by atoms with Crippen LogP contribution in [0, 0.1) is 10.1 Å². The second-order valence-electron chi connectivity index (χ2n) is 4.23. The van der Waals surface area contributed by atoms with Crippen molar-refractivity contribution in [3.05, 3.63) is 69.8 Å². The van der Waals surface area contributed by atoms with Crippen LogP contribution in [0.1, 0.15) is 11.1 Å².